The third kappa shape index (κ3) is 3.76. The summed E-state index contributed by atoms with van der Waals surface area (Å²) in [6.45, 7) is 0.116. The van der Waals surface area contributed by atoms with Gasteiger partial charge in [0.25, 0.3) is 5.91 Å². The van der Waals surface area contributed by atoms with Crippen LogP contribution in [0, 0.1) is 0 Å². The Morgan fingerprint density at radius 2 is 1.90 bits per heavy atom. The SMILES string of the molecule is COc1ccc(-n2ncc(C(=O)NCc3ccc4c(c3)OCO4)c2C(F)(F)F)cc1. The lowest BCUT2D eigenvalue weighted by atomic mass is 10.1. The number of carbonyl (C=O) groups excluding carboxylic acids is 1. The highest BCUT2D eigenvalue weighted by atomic mass is 19.4. The maximum absolute atomic E-state index is 13.8. The minimum absolute atomic E-state index is 0.0144. The first-order chi connectivity index (χ1) is 14.4. The van der Waals surface area contributed by atoms with Crippen LogP contribution in [0.4, 0.5) is 13.2 Å². The molecular formula is C20H16F3N3O4. The van der Waals surface area contributed by atoms with E-state index in [1.807, 2.05) is 0 Å². The molecule has 0 unspecified atom stereocenters. The van der Waals surface area contributed by atoms with Crippen LogP contribution in [-0.4, -0.2) is 29.6 Å². The Kier molecular flexibility index (Phi) is 4.98. The molecule has 0 atom stereocenters. The molecule has 4 rings (SSSR count). The highest BCUT2D eigenvalue weighted by molar-refractivity contribution is 5.95. The van der Waals surface area contributed by atoms with Gasteiger partial charge in [-0.15, -0.1) is 0 Å². The number of hydrogen-bond acceptors (Lipinski definition) is 5. The molecule has 2 aromatic carbocycles. The number of benzene rings is 2. The van der Waals surface area contributed by atoms with Crippen LogP contribution in [0.2, 0.25) is 0 Å². The maximum atomic E-state index is 13.8. The molecule has 0 bridgehead atoms. The zero-order chi connectivity index (χ0) is 21.3. The minimum atomic E-state index is -4.79. The summed E-state index contributed by atoms with van der Waals surface area (Å²) in [4.78, 5) is 12.5. The second-order valence-corrected chi connectivity index (χ2v) is 6.38. The molecule has 1 aliphatic rings. The van der Waals surface area contributed by atoms with Crippen LogP contribution in [0.15, 0.2) is 48.7 Å². The molecule has 1 aromatic heterocycles. The summed E-state index contributed by atoms with van der Waals surface area (Å²) in [5.74, 6) is 0.691. The van der Waals surface area contributed by atoms with Crippen LogP contribution in [0.3, 0.4) is 0 Å². The fourth-order valence-electron chi connectivity index (χ4n) is 3.04. The van der Waals surface area contributed by atoms with Crippen molar-refractivity contribution in [1.82, 2.24) is 15.1 Å². The van der Waals surface area contributed by atoms with Crippen LogP contribution >= 0.6 is 0 Å². The van der Waals surface area contributed by atoms with E-state index in [9.17, 15) is 18.0 Å². The van der Waals surface area contributed by atoms with Crippen LogP contribution in [0.1, 0.15) is 21.6 Å². The van der Waals surface area contributed by atoms with Gasteiger partial charge in [0.15, 0.2) is 17.2 Å². The zero-order valence-electron chi connectivity index (χ0n) is 15.7. The van der Waals surface area contributed by atoms with Gasteiger partial charge in [0, 0.05) is 6.54 Å². The topological polar surface area (TPSA) is 74.6 Å². The van der Waals surface area contributed by atoms with Gasteiger partial charge in [-0.2, -0.15) is 18.3 Å². The number of rotatable bonds is 5. The molecule has 30 heavy (non-hydrogen) atoms. The number of fused-ring (bicyclic) bond motifs is 1. The van der Waals surface area contributed by atoms with Crippen LogP contribution < -0.4 is 19.5 Å². The molecule has 156 valence electrons. The summed E-state index contributed by atoms with van der Waals surface area (Å²) in [7, 11) is 1.45. The van der Waals surface area contributed by atoms with Gasteiger partial charge in [-0.25, -0.2) is 4.68 Å². The van der Waals surface area contributed by atoms with Gasteiger partial charge in [-0.1, -0.05) is 6.07 Å². The highest BCUT2D eigenvalue weighted by Crippen LogP contribution is 2.34. The summed E-state index contributed by atoms with van der Waals surface area (Å²) in [5, 5.41) is 6.28. The van der Waals surface area contributed by atoms with E-state index in [-0.39, 0.29) is 19.0 Å². The summed E-state index contributed by atoms with van der Waals surface area (Å²) in [6.07, 6.45) is -3.89. The maximum Gasteiger partial charge on any atom is 0.434 e. The van der Waals surface area contributed by atoms with E-state index in [1.54, 1.807) is 18.2 Å². The van der Waals surface area contributed by atoms with Gasteiger partial charge < -0.3 is 19.5 Å². The minimum Gasteiger partial charge on any atom is -0.497 e. The number of amides is 1. The molecule has 10 heteroatoms. The van der Waals surface area contributed by atoms with E-state index in [1.165, 1.54) is 31.4 Å². The van der Waals surface area contributed by atoms with Gasteiger partial charge in [0.1, 0.15) is 5.75 Å². The van der Waals surface area contributed by atoms with E-state index in [0.29, 0.717) is 27.5 Å². The number of halogens is 3. The molecule has 3 aromatic rings. The Hall–Kier alpha value is -3.69. The lowest BCUT2D eigenvalue weighted by Crippen LogP contribution is -2.26. The van der Waals surface area contributed by atoms with Crippen molar-refractivity contribution in [2.24, 2.45) is 0 Å². The molecule has 0 fully saturated rings. The number of carbonyl (C=O) groups is 1. The van der Waals surface area contributed by atoms with E-state index in [0.717, 1.165) is 6.20 Å². The Morgan fingerprint density at radius 1 is 1.17 bits per heavy atom. The molecule has 2 heterocycles. The normalized spacial score (nSPS) is 12.7. The molecule has 7 nitrogen and oxygen atoms in total. The van der Waals surface area contributed by atoms with Crippen LogP contribution in [-0.2, 0) is 12.7 Å². The Labute approximate surface area is 169 Å². The standard InChI is InChI=1S/C20H16F3N3O4/c1-28-14-5-3-13(4-6-14)26-18(20(21,22)23)15(10-25-26)19(27)24-9-12-2-7-16-17(8-12)30-11-29-16/h2-8,10H,9,11H2,1H3,(H,24,27). The van der Waals surface area contributed by atoms with Gasteiger partial charge in [-0.05, 0) is 42.0 Å². The lowest BCUT2D eigenvalue weighted by Gasteiger charge is -2.13. The number of aromatic nitrogens is 2. The van der Waals surface area contributed by atoms with Gasteiger partial charge >= 0.3 is 6.18 Å². The first-order valence-electron chi connectivity index (χ1n) is 8.83. The number of hydrogen-bond donors (Lipinski definition) is 1. The first-order valence-corrected chi connectivity index (χ1v) is 8.83. The molecule has 0 aliphatic carbocycles. The third-order valence-corrected chi connectivity index (χ3v) is 4.49. The van der Waals surface area contributed by atoms with Crippen molar-refractivity contribution in [3.63, 3.8) is 0 Å². The van der Waals surface area contributed by atoms with Gasteiger partial charge in [0.2, 0.25) is 6.79 Å². The Bertz CT molecular complexity index is 1080. The van der Waals surface area contributed by atoms with E-state index in [2.05, 4.69) is 10.4 Å². The molecule has 0 spiro atoms. The quantitative estimate of drug-likeness (QED) is 0.685. The van der Waals surface area contributed by atoms with Crippen molar-refractivity contribution in [1.29, 1.82) is 0 Å². The van der Waals surface area contributed by atoms with Crippen LogP contribution in [0.5, 0.6) is 17.2 Å². The summed E-state index contributed by atoms with van der Waals surface area (Å²) in [6, 6.07) is 10.9. The van der Waals surface area contributed by atoms with E-state index < -0.39 is 23.3 Å². The number of nitrogens with one attached hydrogen (secondary N) is 1. The van der Waals surface area contributed by atoms with Crippen molar-refractivity contribution in [3.8, 4) is 22.9 Å². The summed E-state index contributed by atoms with van der Waals surface area (Å²) < 4.78 is 57.4. The Morgan fingerprint density at radius 3 is 2.60 bits per heavy atom. The molecule has 0 saturated heterocycles. The first kappa shape index (κ1) is 19.6. The van der Waals surface area contributed by atoms with Crippen molar-refractivity contribution >= 4 is 5.91 Å². The molecule has 0 saturated carbocycles. The zero-order valence-corrected chi connectivity index (χ0v) is 15.7. The largest absolute Gasteiger partial charge is 0.497 e. The smallest absolute Gasteiger partial charge is 0.434 e. The fourth-order valence-corrected chi connectivity index (χ4v) is 3.04. The average Bonchev–Trinajstić information content (AvgIpc) is 3.38. The van der Waals surface area contributed by atoms with Crippen LogP contribution in [0.25, 0.3) is 5.69 Å². The van der Waals surface area contributed by atoms with Crippen molar-refractivity contribution < 1.29 is 32.2 Å². The monoisotopic (exact) mass is 419 g/mol. The van der Waals surface area contributed by atoms with Crippen molar-refractivity contribution in [2.75, 3.05) is 13.9 Å². The number of ether oxygens (including phenoxy) is 3. The number of methoxy groups -OCH3 is 1. The third-order valence-electron chi connectivity index (χ3n) is 4.49. The fraction of sp³-hybridized carbons (Fsp3) is 0.200. The predicted molar refractivity (Wildman–Crippen MR) is 98.9 cm³/mol. The lowest BCUT2D eigenvalue weighted by molar-refractivity contribution is -0.143. The predicted octanol–water partition coefficient (Wildman–Crippen LogP) is 3.56. The summed E-state index contributed by atoms with van der Waals surface area (Å²) >= 11 is 0. The molecule has 1 amide bonds. The van der Waals surface area contributed by atoms with Gasteiger partial charge in [0.05, 0.1) is 24.6 Å². The molecule has 1 N–H and O–H groups in total. The highest BCUT2D eigenvalue weighted by Gasteiger charge is 2.40. The Balaban J connectivity index is 1.58. The molecule has 1 aliphatic heterocycles. The number of nitrogens with zero attached hydrogens (tertiary/aromatic N) is 2. The second-order valence-electron chi connectivity index (χ2n) is 6.38. The molecular weight excluding hydrogens is 403 g/mol. The van der Waals surface area contributed by atoms with Crippen molar-refractivity contribution in [3.05, 3.63) is 65.5 Å². The van der Waals surface area contributed by atoms with Gasteiger partial charge in [-0.3, -0.25) is 4.79 Å². The molecule has 0 radical (unpaired) electrons. The van der Waals surface area contributed by atoms with E-state index in [4.69, 9.17) is 14.2 Å². The summed E-state index contributed by atoms with van der Waals surface area (Å²) in [5.41, 5.74) is -0.920. The average molecular weight is 419 g/mol. The number of alkyl halides is 3. The second kappa shape index (κ2) is 7.62. The van der Waals surface area contributed by atoms with Crippen molar-refractivity contribution in [2.45, 2.75) is 12.7 Å². The van der Waals surface area contributed by atoms with E-state index >= 15 is 0 Å².